The monoisotopic (exact) mass is 232 g/mol. The van der Waals surface area contributed by atoms with Gasteiger partial charge in [-0.05, 0) is 6.42 Å². The van der Waals surface area contributed by atoms with Crippen LogP contribution in [0.15, 0.2) is 0 Å². The van der Waals surface area contributed by atoms with Crippen LogP contribution in [-0.2, 0) is 9.59 Å². The number of nitrogens with zero attached hydrogens (tertiary/aromatic N) is 1. The lowest BCUT2D eigenvalue weighted by Crippen LogP contribution is -2.55. The van der Waals surface area contributed by atoms with Crippen molar-refractivity contribution in [1.29, 1.82) is 0 Å². The quantitative estimate of drug-likeness (QED) is 0.532. The average molecular weight is 232 g/mol. The number of likely N-dealkylation sites (N-methyl/N-ethyl adjacent to an activating group) is 1. The van der Waals surface area contributed by atoms with Crippen molar-refractivity contribution < 1.29 is 19.8 Å². The van der Waals surface area contributed by atoms with Crippen LogP contribution >= 0.6 is 0 Å². The van der Waals surface area contributed by atoms with E-state index in [1.165, 1.54) is 18.9 Å². The van der Waals surface area contributed by atoms with Crippen LogP contribution in [0.3, 0.4) is 0 Å². The molecule has 0 aromatic heterocycles. The molecular weight excluding hydrogens is 212 g/mol. The van der Waals surface area contributed by atoms with Crippen molar-refractivity contribution in [2.45, 2.75) is 25.8 Å². The van der Waals surface area contributed by atoms with Gasteiger partial charge in [0.2, 0.25) is 11.8 Å². The van der Waals surface area contributed by atoms with E-state index in [2.05, 4.69) is 5.32 Å². The number of nitrogens with one attached hydrogen (secondary N) is 1. The summed E-state index contributed by atoms with van der Waals surface area (Å²) in [5, 5.41) is 20.8. The summed E-state index contributed by atoms with van der Waals surface area (Å²) in [6.45, 7) is 2.35. The standard InChI is InChI=1S/C10H20N2O4/c1-4-10(6-13,7-14)11-9(16)5-12(3)8(2)15/h13-14H,4-7H2,1-3H3,(H,11,16). The van der Waals surface area contributed by atoms with Gasteiger partial charge in [0, 0.05) is 14.0 Å². The van der Waals surface area contributed by atoms with Crippen molar-refractivity contribution in [3.8, 4) is 0 Å². The second kappa shape index (κ2) is 6.44. The number of carbonyl (C=O) groups is 2. The van der Waals surface area contributed by atoms with Crippen molar-refractivity contribution >= 4 is 11.8 Å². The minimum absolute atomic E-state index is 0.0862. The molecule has 0 fully saturated rings. The van der Waals surface area contributed by atoms with Crippen LogP contribution in [0.1, 0.15) is 20.3 Å². The van der Waals surface area contributed by atoms with Gasteiger partial charge in [-0.15, -0.1) is 0 Å². The Kier molecular flexibility index (Phi) is 5.98. The molecule has 0 atom stereocenters. The lowest BCUT2D eigenvalue weighted by molar-refractivity contribution is -0.134. The first kappa shape index (κ1) is 14.9. The molecule has 0 bridgehead atoms. The van der Waals surface area contributed by atoms with Gasteiger partial charge in [-0.25, -0.2) is 0 Å². The summed E-state index contributed by atoms with van der Waals surface area (Å²) in [4.78, 5) is 23.7. The van der Waals surface area contributed by atoms with Crippen molar-refractivity contribution in [3.05, 3.63) is 0 Å². The van der Waals surface area contributed by atoms with Gasteiger partial charge in [-0.1, -0.05) is 6.92 Å². The highest BCUT2D eigenvalue weighted by Gasteiger charge is 2.28. The van der Waals surface area contributed by atoms with Crippen LogP contribution in [0.2, 0.25) is 0 Å². The Labute approximate surface area is 95.2 Å². The highest BCUT2D eigenvalue weighted by molar-refractivity contribution is 5.84. The molecule has 0 aromatic rings. The molecule has 0 spiro atoms. The first-order valence-electron chi connectivity index (χ1n) is 5.15. The van der Waals surface area contributed by atoms with Gasteiger partial charge in [0.15, 0.2) is 0 Å². The molecule has 0 saturated carbocycles. The van der Waals surface area contributed by atoms with Crippen molar-refractivity contribution in [3.63, 3.8) is 0 Å². The maximum absolute atomic E-state index is 11.5. The number of rotatable bonds is 6. The smallest absolute Gasteiger partial charge is 0.240 e. The fourth-order valence-electron chi connectivity index (χ4n) is 1.10. The molecular formula is C10H20N2O4. The fourth-order valence-corrected chi connectivity index (χ4v) is 1.10. The Hall–Kier alpha value is -1.14. The Bertz CT molecular complexity index is 243. The summed E-state index contributed by atoms with van der Waals surface area (Å²) >= 11 is 0. The van der Waals surface area contributed by atoms with E-state index < -0.39 is 11.4 Å². The predicted octanol–water partition coefficient (Wildman–Crippen LogP) is -1.29. The van der Waals surface area contributed by atoms with Crippen LogP contribution in [0.4, 0.5) is 0 Å². The second-order valence-corrected chi connectivity index (χ2v) is 3.87. The molecule has 6 nitrogen and oxygen atoms in total. The van der Waals surface area contributed by atoms with Gasteiger partial charge in [-0.3, -0.25) is 9.59 Å². The SMILES string of the molecule is CCC(CO)(CO)NC(=O)CN(C)C(C)=O. The molecule has 16 heavy (non-hydrogen) atoms. The molecule has 3 N–H and O–H groups in total. The number of aliphatic hydroxyl groups excluding tert-OH is 2. The summed E-state index contributed by atoms with van der Waals surface area (Å²) in [6.07, 6.45) is 0.412. The van der Waals surface area contributed by atoms with Crippen LogP contribution < -0.4 is 5.32 Å². The van der Waals surface area contributed by atoms with Gasteiger partial charge in [0.05, 0.1) is 25.3 Å². The van der Waals surface area contributed by atoms with Gasteiger partial charge in [-0.2, -0.15) is 0 Å². The maximum Gasteiger partial charge on any atom is 0.240 e. The third-order valence-corrected chi connectivity index (χ3v) is 2.61. The van der Waals surface area contributed by atoms with Crippen molar-refractivity contribution in [2.24, 2.45) is 0 Å². The summed E-state index contributed by atoms with van der Waals surface area (Å²) in [5.74, 6) is -0.618. The number of hydrogen-bond acceptors (Lipinski definition) is 4. The third-order valence-electron chi connectivity index (χ3n) is 2.61. The molecule has 0 aromatic carbocycles. The van der Waals surface area contributed by atoms with Gasteiger partial charge < -0.3 is 20.4 Å². The minimum atomic E-state index is -1.01. The zero-order valence-electron chi connectivity index (χ0n) is 9.99. The lowest BCUT2D eigenvalue weighted by Gasteiger charge is -2.30. The van der Waals surface area contributed by atoms with E-state index in [4.69, 9.17) is 10.2 Å². The van der Waals surface area contributed by atoms with E-state index in [0.717, 1.165) is 0 Å². The molecule has 94 valence electrons. The van der Waals surface area contributed by atoms with E-state index in [0.29, 0.717) is 6.42 Å². The van der Waals surface area contributed by atoms with E-state index in [1.807, 2.05) is 0 Å². The number of amides is 2. The molecule has 0 unspecified atom stereocenters. The van der Waals surface area contributed by atoms with Crippen LogP contribution in [0.5, 0.6) is 0 Å². The topological polar surface area (TPSA) is 89.9 Å². The molecule has 0 heterocycles. The first-order valence-corrected chi connectivity index (χ1v) is 5.15. The summed E-state index contributed by atoms with van der Waals surface area (Å²) in [7, 11) is 1.51. The molecule has 0 aliphatic rings. The molecule has 0 aliphatic carbocycles. The lowest BCUT2D eigenvalue weighted by atomic mass is 9.98. The number of carbonyl (C=O) groups excluding carboxylic acids is 2. The van der Waals surface area contributed by atoms with Crippen LogP contribution in [-0.4, -0.2) is 59.3 Å². The molecule has 2 amide bonds. The minimum Gasteiger partial charge on any atom is -0.394 e. The summed E-state index contributed by atoms with van der Waals surface area (Å²) in [5.41, 5.74) is -1.01. The largest absolute Gasteiger partial charge is 0.394 e. The second-order valence-electron chi connectivity index (χ2n) is 3.87. The fraction of sp³-hybridized carbons (Fsp3) is 0.800. The zero-order valence-corrected chi connectivity index (χ0v) is 9.99. The average Bonchev–Trinajstić information content (AvgIpc) is 2.26. The Morgan fingerprint density at radius 3 is 2.12 bits per heavy atom. The normalized spacial score (nSPS) is 11.1. The van der Waals surface area contributed by atoms with Gasteiger partial charge in [0.25, 0.3) is 0 Å². The molecule has 0 radical (unpaired) electrons. The maximum atomic E-state index is 11.5. The third kappa shape index (κ3) is 4.16. The van der Waals surface area contributed by atoms with Crippen LogP contribution in [0.25, 0.3) is 0 Å². The van der Waals surface area contributed by atoms with E-state index in [1.54, 1.807) is 6.92 Å². The summed E-state index contributed by atoms with van der Waals surface area (Å²) in [6, 6.07) is 0. The van der Waals surface area contributed by atoms with E-state index in [-0.39, 0.29) is 25.7 Å². The number of aliphatic hydroxyl groups is 2. The van der Waals surface area contributed by atoms with Crippen LogP contribution in [0, 0.1) is 0 Å². The van der Waals surface area contributed by atoms with Gasteiger partial charge >= 0.3 is 0 Å². The molecule has 0 saturated heterocycles. The first-order chi connectivity index (χ1) is 7.40. The Morgan fingerprint density at radius 1 is 1.31 bits per heavy atom. The van der Waals surface area contributed by atoms with Crippen molar-refractivity contribution in [1.82, 2.24) is 10.2 Å². The zero-order chi connectivity index (χ0) is 12.8. The Morgan fingerprint density at radius 2 is 1.81 bits per heavy atom. The highest BCUT2D eigenvalue weighted by atomic mass is 16.3. The Balaban J connectivity index is 4.36. The molecule has 0 aliphatic heterocycles. The predicted molar refractivity (Wildman–Crippen MR) is 58.6 cm³/mol. The number of hydrogen-bond donors (Lipinski definition) is 3. The summed E-state index contributed by atoms with van der Waals surface area (Å²) < 4.78 is 0. The van der Waals surface area contributed by atoms with Gasteiger partial charge in [0.1, 0.15) is 0 Å². The highest BCUT2D eigenvalue weighted by Crippen LogP contribution is 2.07. The van der Waals surface area contributed by atoms with E-state index in [9.17, 15) is 9.59 Å². The van der Waals surface area contributed by atoms with E-state index >= 15 is 0 Å². The molecule has 0 rings (SSSR count). The van der Waals surface area contributed by atoms with Crippen molar-refractivity contribution in [2.75, 3.05) is 26.8 Å². The molecule has 6 heteroatoms.